The molecule has 0 unspecified atom stereocenters. The summed E-state index contributed by atoms with van der Waals surface area (Å²) in [6, 6.07) is 3.89. The van der Waals surface area contributed by atoms with Gasteiger partial charge in [0.05, 0.1) is 13.4 Å². The summed E-state index contributed by atoms with van der Waals surface area (Å²) in [5.74, 6) is 0.255. The van der Waals surface area contributed by atoms with E-state index in [9.17, 15) is 19.5 Å². The maximum absolute atomic E-state index is 12.6. The molecule has 0 atom stereocenters. The van der Waals surface area contributed by atoms with Gasteiger partial charge in [0.15, 0.2) is 0 Å². The number of phenols is 1. The zero-order valence-electron chi connectivity index (χ0n) is 39.9. The van der Waals surface area contributed by atoms with Gasteiger partial charge >= 0.3 is 37.7 Å². The van der Waals surface area contributed by atoms with Gasteiger partial charge in [-0.25, -0.2) is 0 Å². The third-order valence-electron chi connectivity index (χ3n) is 12.4. The van der Waals surface area contributed by atoms with E-state index in [0.717, 1.165) is 55.2 Å². The Balaban J connectivity index is 0.0000325. The fourth-order valence-corrected chi connectivity index (χ4v) is 9.45. The monoisotopic (exact) mass is 859 g/mol. The van der Waals surface area contributed by atoms with Gasteiger partial charge in [0.1, 0.15) is 5.75 Å². The van der Waals surface area contributed by atoms with E-state index in [2.05, 4.69) is 55.4 Å². The van der Waals surface area contributed by atoms with E-state index in [-0.39, 0.29) is 54.3 Å². The van der Waals surface area contributed by atoms with Crippen LogP contribution in [0, 0.1) is 0 Å². The maximum atomic E-state index is 12.6. The van der Waals surface area contributed by atoms with Crippen LogP contribution >= 0.6 is 7.82 Å². The van der Waals surface area contributed by atoms with Gasteiger partial charge in [0, 0.05) is 0 Å². The van der Waals surface area contributed by atoms with Gasteiger partial charge in [-0.05, 0) is 52.5 Å². The first-order chi connectivity index (χ1) is 27.1. The van der Waals surface area contributed by atoms with E-state index < -0.39 is 13.4 Å². The Bertz CT molecular complexity index is 1100. The molecule has 1 N–H and O–H groups in total. The molecule has 0 radical (unpaired) electrons. The van der Waals surface area contributed by atoms with Crippen molar-refractivity contribution >= 4 is 45.6 Å². The molecule has 336 valence electrons. The van der Waals surface area contributed by atoms with Crippen molar-refractivity contribution in [3.05, 3.63) is 28.8 Å². The van der Waals surface area contributed by atoms with E-state index in [1.54, 1.807) is 0 Å². The fourth-order valence-electron chi connectivity index (χ4n) is 8.73. The standard InChI is InChI=1S/C51H97O5P.Ca/c1-9-11-13-15-17-19-21-23-25-27-29-31-33-35-37-39-41-51(56-57(53,54)55,45-43-46(49(3,4)5)48(52)47(44-45)50(6,7)8)42-40-38-36-34-32-30-28-26-24-22-20-18-16-14-12-10-2;/h43-44,52H,9-42H2,1-8H3,(H2,53,54,55);/q;+2/p-2. The predicted molar refractivity (Wildman–Crippen MR) is 250 cm³/mol. The van der Waals surface area contributed by atoms with Gasteiger partial charge in [0.25, 0.3) is 0 Å². The van der Waals surface area contributed by atoms with Gasteiger partial charge in [-0.2, -0.15) is 0 Å². The number of hydrogen-bond acceptors (Lipinski definition) is 5. The molecule has 0 spiro atoms. The van der Waals surface area contributed by atoms with Crippen molar-refractivity contribution < 1.29 is 24.0 Å². The van der Waals surface area contributed by atoms with Gasteiger partial charge in [-0.15, -0.1) is 0 Å². The average molecular weight is 859 g/mol. The van der Waals surface area contributed by atoms with Gasteiger partial charge in [0.2, 0.25) is 0 Å². The molecule has 1 aromatic rings. The van der Waals surface area contributed by atoms with Gasteiger partial charge < -0.3 is 24.0 Å². The average Bonchev–Trinajstić information content (AvgIpc) is 3.12. The molecular formula is C51H95CaO5P. The summed E-state index contributed by atoms with van der Waals surface area (Å²) < 4.78 is 18.4. The van der Waals surface area contributed by atoms with E-state index in [1.807, 2.05) is 12.1 Å². The van der Waals surface area contributed by atoms with E-state index in [4.69, 9.17) is 4.52 Å². The van der Waals surface area contributed by atoms with Crippen molar-refractivity contribution in [3.63, 3.8) is 0 Å². The van der Waals surface area contributed by atoms with Crippen molar-refractivity contribution in [1.82, 2.24) is 0 Å². The number of hydrogen-bond donors (Lipinski definition) is 1. The van der Waals surface area contributed by atoms with Gasteiger partial charge in [-0.1, -0.05) is 261 Å². The quantitative estimate of drug-likeness (QED) is 0.0409. The zero-order valence-corrected chi connectivity index (χ0v) is 43.0. The van der Waals surface area contributed by atoms with E-state index in [0.29, 0.717) is 12.8 Å². The summed E-state index contributed by atoms with van der Waals surface area (Å²) >= 11 is 0. The molecule has 58 heavy (non-hydrogen) atoms. The second kappa shape index (κ2) is 33.9. The third kappa shape index (κ3) is 28.2. The first-order valence-corrected chi connectivity index (χ1v) is 26.1. The van der Waals surface area contributed by atoms with Crippen LogP contribution in [0.5, 0.6) is 5.75 Å². The first kappa shape index (κ1) is 58.4. The predicted octanol–water partition coefficient (Wildman–Crippen LogP) is 16.0. The molecule has 0 aliphatic rings. The van der Waals surface area contributed by atoms with Crippen LogP contribution in [0.25, 0.3) is 0 Å². The number of phosphoric acid groups is 1. The summed E-state index contributed by atoms with van der Waals surface area (Å²) in [7, 11) is -5.32. The molecule has 0 saturated carbocycles. The van der Waals surface area contributed by atoms with Crippen LogP contribution in [0.4, 0.5) is 0 Å². The van der Waals surface area contributed by atoms with Crippen molar-refractivity contribution in [1.29, 1.82) is 0 Å². The number of unbranched alkanes of at least 4 members (excludes halogenated alkanes) is 30. The number of benzene rings is 1. The molecule has 0 fully saturated rings. The molecule has 1 rings (SSSR count). The SMILES string of the molecule is CCCCCCCCCCCCCCCCCCC(CCCCCCCCCCCCCCCCCC)(OP(=O)([O-])[O-])c1cc(C(C)(C)C)c(O)c(C(C)(C)C)c1.[Ca+2]. The fraction of sp³-hybridized carbons (Fsp3) is 0.882. The second-order valence-corrected chi connectivity index (χ2v) is 21.1. The van der Waals surface area contributed by atoms with Crippen LogP contribution in [0.1, 0.15) is 290 Å². The molecule has 5 nitrogen and oxygen atoms in total. The Labute approximate surface area is 391 Å². The van der Waals surface area contributed by atoms with Crippen molar-refractivity contribution in [2.24, 2.45) is 0 Å². The second-order valence-electron chi connectivity index (χ2n) is 20.1. The molecule has 0 saturated heterocycles. The normalized spacial score (nSPS) is 12.7. The number of aromatic hydroxyl groups is 1. The van der Waals surface area contributed by atoms with Crippen LogP contribution in [0.3, 0.4) is 0 Å². The smallest absolute Gasteiger partial charge is 0.790 e. The summed E-state index contributed by atoms with van der Waals surface area (Å²) in [5.41, 5.74) is 0.259. The summed E-state index contributed by atoms with van der Waals surface area (Å²) in [5, 5.41) is 11.5. The van der Waals surface area contributed by atoms with Crippen LogP contribution in [-0.4, -0.2) is 42.8 Å². The molecule has 0 aliphatic heterocycles. The topological polar surface area (TPSA) is 92.7 Å². The number of phosphoric ester groups is 1. The van der Waals surface area contributed by atoms with Crippen molar-refractivity contribution in [3.8, 4) is 5.75 Å². The molecule has 1 aromatic carbocycles. The van der Waals surface area contributed by atoms with Crippen LogP contribution < -0.4 is 9.79 Å². The molecule has 7 heteroatoms. The molecule has 0 amide bonds. The summed E-state index contributed by atoms with van der Waals surface area (Å²) in [6.07, 6.45) is 41.6. The Kier molecular flexibility index (Phi) is 34.1. The molecule has 0 bridgehead atoms. The van der Waals surface area contributed by atoms with E-state index in [1.165, 1.54) is 167 Å². The van der Waals surface area contributed by atoms with Crippen LogP contribution in [-0.2, 0) is 25.5 Å². The largest absolute Gasteiger partial charge is 2.00 e. The van der Waals surface area contributed by atoms with E-state index >= 15 is 0 Å². The molecular weight excluding hydrogens is 764 g/mol. The van der Waals surface area contributed by atoms with Crippen LogP contribution in [0.15, 0.2) is 12.1 Å². The summed E-state index contributed by atoms with van der Waals surface area (Å²) in [4.78, 5) is 25.2. The Morgan fingerprint density at radius 3 is 0.897 bits per heavy atom. The minimum atomic E-state index is -5.32. The van der Waals surface area contributed by atoms with Crippen molar-refractivity contribution in [2.75, 3.05) is 0 Å². The minimum Gasteiger partial charge on any atom is -0.790 e. The molecule has 0 aromatic heterocycles. The Morgan fingerprint density at radius 1 is 0.466 bits per heavy atom. The summed E-state index contributed by atoms with van der Waals surface area (Å²) in [6.45, 7) is 17.0. The van der Waals surface area contributed by atoms with Gasteiger partial charge in [-0.3, -0.25) is 0 Å². The minimum absolute atomic E-state index is 0. The Morgan fingerprint density at radius 2 is 0.690 bits per heavy atom. The third-order valence-corrected chi connectivity index (χ3v) is 13.0. The number of phenolic OH excluding ortho intramolecular Hbond substituents is 1. The molecule has 0 aliphatic carbocycles. The number of rotatable bonds is 37. The molecule has 0 heterocycles. The Hall–Kier alpha value is 0.390. The van der Waals surface area contributed by atoms with Crippen molar-refractivity contribution in [2.45, 2.75) is 290 Å². The zero-order chi connectivity index (χ0) is 42.5. The maximum Gasteiger partial charge on any atom is 2.00 e. The van der Waals surface area contributed by atoms with Crippen LogP contribution in [0.2, 0.25) is 0 Å². The first-order valence-electron chi connectivity index (χ1n) is 24.7.